The van der Waals surface area contributed by atoms with E-state index in [0.717, 1.165) is 14.8 Å². The van der Waals surface area contributed by atoms with Crippen LogP contribution in [0.4, 0.5) is 0 Å². The highest BCUT2D eigenvalue weighted by atomic mass is 32.3. The minimum atomic E-state index is -3.84. The Morgan fingerprint density at radius 1 is 1.04 bits per heavy atom. The van der Waals surface area contributed by atoms with Crippen LogP contribution in [0.3, 0.4) is 0 Å². The van der Waals surface area contributed by atoms with Crippen LogP contribution in [0.1, 0.15) is 17.2 Å². The van der Waals surface area contributed by atoms with Gasteiger partial charge in [0.05, 0.1) is 16.7 Å². The van der Waals surface area contributed by atoms with Crippen LogP contribution in [0.15, 0.2) is 71.6 Å². The molecule has 4 nitrogen and oxygen atoms in total. The van der Waals surface area contributed by atoms with Gasteiger partial charge in [-0.1, -0.05) is 60.2 Å². The van der Waals surface area contributed by atoms with Crippen molar-refractivity contribution in [2.24, 2.45) is 0 Å². The maximum atomic E-state index is 13.0. The van der Waals surface area contributed by atoms with Gasteiger partial charge >= 0.3 is 0 Å². The van der Waals surface area contributed by atoms with E-state index in [1.54, 1.807) is 36.4 Å². The average Bonchev–Trinajstić information content (AvgIpc) is 2.55. The minimum Gasteiger partial charge on any atom is -0.241 e. The molecule has 0 N–H and O–H groups in total. The summed E-state index contributed by atoms with van der Waals surface area (Å²) in [5.41, 5.74) is 1.77. The molecular weight excluding hydrogens is 330 g/mol. The van der Waals surface area contributed by atoms with Gasteiger partial charge in [-0.25, -0.2) is 12.6 Å². The number of rotatable bonds is 3. The van der Waals surface area contributed by atoms with Crippen molar-refractivity contribution in [3.8, 4) is 0 Å². The van der Waals surface area contributed by atoms with Gasteiger partial charge in [0, 0.05) is 0 Å². The van der Waals surface area contributed by atoms with Crippen molar-refractivity contribution in [1.82, 2.24) is 3.71 Å². The Hall–Kier alpha value is -1.76. The summed E-state index contributed by atoms with van der Waals surface area (Å²) in [6.45, 7) is 1.89. The third-order valence-corrected chi connectivity index (χ3v) is 7.44. The second kappa shape index (κ2) is 6.39. The lowest BCUT2D eigenvalue weighted by Gasteiger charge is -2.30. The Kier molecular flexibility index (Phi) is 4.48. The highest BCUT2D eigenvalue weighted by Crippen LogP contribution is 2.33. The lowest BCUT2D eigenvalue weighted by molar-refractivity contribution is 0.496. The lowest BCUT2D eigenvalue weighted by Crippen LogP contribution is -2.38. The van der Waals surface area contributed by atoms with Crippen LogP contribution in [-0.2, 0) is 21.0 Å². The lowest BCUT2D eigenvalue weighted by atomic mass is 10.1. The SMILES string of the molecule is Cc1ccc(S(=O)(=O)N2[C@H](c3ccccc3)C=CC[S@]2=O)cc1. The smallest absolute Gasteiger partial charge is 0.241 e. The molecule has 0 amide bonds. The van der Waals surface area contributed by atoms with E-state index in [0.29, 0.717) is 0 Å². The monoisotopic (exact) mass is 347 g/mol. The second-order valence-electron chi connectivity index (χ2n) is 5.35. The molecule has 0 unspecified atom stereocenters. The Morgan fingerprint density at radius 2 is 1.70 bits per heavy atom. The molecule has 0 saturated carbocycles. The van der Waals surface area contributed by atoms with Crippen LogP contribution < -0.4 is 0 Å². The fraction of sp³-hybridized carbons (Fsp3) is 0.176. The molecule has 120 valence electrons. The zero-order chi connectivity index (χ0) is 16.4. The summed E-state index contributed by atoms with van der Waals surface area (Å²) < 4.78 is 39.6. The molecule has 23 heavy (non-hydrogen) atoms. The van der Waals surface area contributed by atoms with Crippen molar-refractivity contribution < 1.29 is 12.6 Å². The molecular formula is C17H17NO3S2. The molecule has 2 aromatic carbocycles. The fourth-order valence-corrected chi connectivity index (χ4v) is 5.86. The van der Waals surface area contributed by atoms with Crippen LogP contribution in [0, 0.1) is 6.92 Å². The van der Waals surface area contributed by atoms with Gasteiger partial charge in [0.25, 0.3) is 10.0 Å². The van der Waals surface area contributed by atoms with E-state index in [2.05, 4.69) is 0 Å². The van der Waals surface area contributed by atoms with Crippen LogP contribution in [0.2, 0.25) is 0 Å². The number of nitrogens with zero attached hydrogens (tertiary/aromatic N) is 1. The van der Waals surface area contributed by atoms with Crippen molar-refractivity contribution in [3.05, 3.63) is 77.9 Å². The molecule has 6 heteroatoms. The van der Waals surface area contributed by atoms with Gasteiger partial charge in [-0.2, -0.15) is 0 Å². The minimum absolute atomic E-state index is 0.160. The quantitative estimate of drug-likeness (QED) is 0.802. The van der Waals surface area contributed by atoms with Crippen LogP contribution >= 0.6 is 0 Å². The maximum absolute atomic E-state index is 13.0. The molecule has 1 aliphatic heterocycles. The predicted molar refractivity (Wildman–Crippen MR) is 91.5 cm³/mol. The molecule has 1 aliphatic rings. The zero-order valence-corrected chi connectivity index (χ0v) is 14.3. The normalized spacial score (nSPS) is 22.1. The first-order chi connectivity index (χ1) is 11.0. The molecule has 1 heterocycles. The number of aryl methyl sites for hydroxylation is 1. The van der Waals surface area contributed by atoms with Gasteiger partial charge in [-0.3, -0.25) is 0 Å². The summed E-state index contributed by atoms with van der Waals surface area (Å²) >= 11 is 0. The summed E-state index contributed by atoms with van der Waals surface area (Å²) in [5.74, 6) is 0.203. The van der Waals surface area contributed by atoms with Crippen molar-refractivity contribution >= 4 is 21.0 Å². The summed E-state index contributed by atoms with van der Waals surface area (Å²) in [7, 11) is -5.47. The van der Waals surface area contributed by atoms with E-state index >= 15 is 0 Å². The maximum Gasteiger partial charge on any atom is 0.255 e. The Bertz CT molecular complexity index is 843. The van der Waals surface area contributed by atoms with Gasteiger partial charge in [0.15, 0.2) is 0 Å². The first-order valence-electron chi connectivity index (χ1n) is 7.21. The Balaban J connectivity index is 2.08. The van der Waals surface area contributed by atoms with Gasteiger partial charge in [0.1, 0.15) is 11.0 Å². The topological polar surface area (TPSA) is 54.5 Å². The fourth-order valence-electron chi connectivity index (χ4n) is 2.49. The molecule has 0 aliphatic carbocycles. The van der Waals surface area contributed by atoms with Crippen molar-refractivity contribution in [2.75, 3.05) is 5.75 Å². The van der Waals surface area contributed by atoms with Gasteiger partial charge < -0.3 is 0 Å². The molecule has 2 aromatic rings. The molecule has 0 radical (unpaired) electrons. The highest BCUT2D eigenvalue weighted by Gasteiger charge is 2.37. The standard InChI is InChI=1S/C17H17NO3S2/c1-14-9-11-16(12-10-14)23(20,21)18-17(8-5-13-22(18)19)15-6-3-2-4-7-15/h2-12,17H,13H2,1H3/t17-,22+/m0/s1. The summed E-state index contributed by atoms with van der Waals surface area (Å²) in [5, 5.41) is 0. The average molecular weight is 347 g/mol. The molecule has 3 rings (SSSR count). The number of hydrogen-bond acceptors (Lipinski definition) is 3. The summed E-state index contributed by atoms with van der Waals surface area (Å²) in [6.07, 6.45) is 3.57. The van der Waals surface area contributed by atoms with Crippen molar-refractivity contribution in [1.29, 1.82) is 0 Å². The number of sulfonamides is 1. The van der Waals surface area contributed by atoms with E-state index in [-0.39, 0.29) is 10.6 Å². The largest absolute Gasteiger partial charge is 0.255 e. The predicted octanol–water partition coefficient (Wildman–Crippen LogP) is 2.96. The number of hydrogen-bond donors (Lipinski definition) is 0. The second-order valence-corrected chi connectivity index (χ2v) is 8.76. The van der Waals surface area contributed by atoms with E-state index in [4.69, 9.17) is 0 Å². The van der Waals surface area contributed by atoms with Gasteiger partial charge in [0.2, 0.25) is 0 Å². The molecule has 0 aromatic heterocycles. The van der Waals surface area contributed by atoms with Crippen molar-refractivity contribution in [2.45, 2.75) is 17.9 Å². The zero-order valence-electron chi connectivity index (χ0n) is 12.6. The van der Waals surface area contributed by atoms with Crippen LogP contribution in [-0.4, -0.2) is 22.1 Å². The molecule has 0 bridgehead atoms. The molecule has 0 spiro atoms. The van der Waals surface area contributed by atoms with Crippen molar-refractivity contribution in [3.63, 3.8) is 0 Å². The van der Waals surface area contributed by atoms with Gasteiger partial charge in [-0.15, -0.1) is 3.71 Å². The molecule has 0 fully saturated rings. The summed E-state index contributed by atoms with van der Waals surface area (Å²) in [4.78, 5) is 0.160. The van der Waals surface area contributed by atoms with Gasteiger partial charge in [-0.05, 0) is 24.6 Å². The first kappa shape index (κ1) is 16.1. The van der Waals surface area contributed by atoms with E-state index in [1.165, 1.54) is 0 Å². The third kappa shape index (κ3) is 3.15. The first-order valence-corrected chi connectivity index (χ1v) is 9.93. The summed E-state index contributed by atoms with van der Waals surface area (Å²) in [6, 6.07) is 15.3. The molecule has 0 saturated heterocycles. The van der Waals surface area contributed by atoms with Crippen LogP contribution in [0.25, 0.3) is 0 Å². The Morgan fingerprint density at radius 3 is 2.35 bits per heavy atom. The third-order valence-electron chi connectivity index (χ3n) is 3.68. The highest BCUT2D eigenvalue weighted by molar-refractivity contribution is 8.01. The van der Waals surface area contributed by atoms with E-state index in [1.807, 2.05) is 37.3 Å². The van der Waals surface area contributed by atoms with E-state index < -0.39 is 27.1 Å². The van der Waals surface area contributed by atoms with E-state index in [9.17, 15) is 12.6 Å². The number of benzene rings is 2. The van der Waals surface area contributed by atoms with Crippen LogP contribution in [0.5, 0.6) is 0 Å². The molecule has 2 atom stereocenters. The Labute approximate surface area is 139 Å².